The van der Waals surface area contributed by atoms with Crippen LogP contribution in [0.25, 0.3) is 11.1 Å². The number of piperidine rings is 1. The van der Waals surface area contributed by atoms with E-state index in [9.17, 15) is 4.79 Å². The second kappa shape index (κ2) is 8.26. The lowest BCUT2D eigenvalue weighted by atomic mass is 10.1. The zero-order valence-electron chi connectivity index (χ0n) is 15.5. The molecule has 0 spiro atoms. The third-order valence-electron chi connectivity index (χ3n) is 5.54. The molecule has 2 saturated heterocycles. The van der Waals surface area contributed by atoms with Gasteiger partial charge in [-0.3, -0.25) is 4.79 Å². The molecule has 0 N–H and O–H groups in total. The molecule has 26 heavy (non-hydrogen) atoms. The van der Waals surface area contributed by atoms with Gasteiger partial charge in [-0.05, 0) is 43.7 Å². The number of anilines is 1. The van der Waals surface area contributed by atoms with Crippen LogP contribution in [0.5, 0.6) is 0 Å². The summed E-state index contributed by atoms with van der Waals surface area (Å²) < 4.78 is 0. The summed E-state index contributed by atoms with van der Waals surface area (Å²) in [6.45, 7) is 4.04. The number of benzene rings is 1. The summed E-state index contributed by atoms with van der Waals surface area (Å²) >= 11 is 1.70. The smallest absolute Gasteiger partial charge is 0.264 e. The molecule has 4 heteroatoms. The third-order valence-corrected chi connectivity index (χ3v) is 6.73. The molecule has 0 radical (unpaired) electrons. The van der Waals surface area contributed by atoms with E-state index in [2.05, 4.69) is 46.2 Å². The monoisotopic (exact) mass is 368 g/mol. The van der Waals surface area contributed by atoms with Crippen LogP contribution in [0.3, 0.4) is 0 Å². The van der Waals surface area contributed by atoms with E-state index in [0.717, 1.165) is 43.9 Å². The Balaban J connectivity index is 1.67. The Morgan fingerprint density at radius 1 is 0.808 bits per heavy atom. The molecule has 0 saturated carbocycles. The van der Waals surface area contributed by atoms with Crippen LogP contribution in [0.1, 0.15) is 54.6 Å². The topological polar surface area (TPSA) is 23.6 Å². The van der Waals surface area contributed by atoms with Gasteiger partial charge in [0.15, 0.2) is 0 Å². The molecule has 2 aromatic rings. The van der Waals surface area contributed by atoms with E-state index >= 15 is 0 Å². The van der Waals surface area contributed by atoms with Crippen molar-refractivity contribution < 1.29 is 4.79 Å². The largest absolute Gasteiger partial charge is 0.363 e. The molecule has 2 aliphatic rings. The van der Waals surface area contributed by atoms with Crippen LogP contribution in [-0.4, -0.2) is 37.0 Å². The molecule has 3 heterocycles. The van der Waals surface area contributed by atoms with Crippen molar-refractivity contribution in [2.24, 2.45) is 0 Å². The maximum Gasteiger partial charge on any atom is 0.264 e. The van der Waals surface area contributed by atoms with Crippen LogP contribution < -0.4 is 4.90 Å². The lowest BCUT2D eigenvalue weighted by molar-refractivity contribution is 0.0766. The Morgan fingerprint density at radius 3 is 2.12 bits per heavy atom. The van der Waals surface area contributed by atoms with Crippen molar-refractivity contribution in [3.05, 3.63) is 41.3 Å². The molecule has 0 unspecified atom stereocenters. The van der Waals surface area contributed by atoms with Gasteiger partial charge >= 0.3 is 0 Å². The molecule has 2 fully saturated rings. The van der Waals surface area contributed by atoms with Gasteiger partial charge in [-0.1, -0.05) is 43.2 Å². The second-order valence-electron chi connectivity index (χ2n) is 7.45. The molecule has 2 aliphatic heterocycles. The minimum atomic E-state index is 0.234. The quantitative estimate of drug-likeness (QED) is 0.722. The Kier molecular flexibility index (Phi) is 5.59. The van der Waals surface area contributed by atoms with Crippen LogP contribution in [0.4, 0.5) is 5.00 Å². The van der Waals surface area contributed by atoms with Crippen molar-refractivity contribution in [2.45, 2.75) is 44.9 Å². The maximum absolute atomic E-state index is 13.1. The number of hydrogen-bond donors (Lipinski definition) is 0. The normalized spacial score (nSPS) is 18.6. The van der Waals surface area contributed by atoms with Gasteiger partial charge in [0.25, 0.3) is 5.91 Å². The predicted molar refractivity (Wildman–Crippen MR) is 110 cm³/mol. The summed E-state index contributed by atoms with van der Waals surface area (Å²) in [4.78, 5) is 18.6. The zero-order chi connectivity index (χ0) is 17.8. The number of amides is 1. The Morgan fingerprint density at radius 2 is 1.42 bits per heavy atom. The standard InChI is InChI=1S/C22H28N2OS/c25-21(23-13-7-1-2-8-14-23)20-17-19(18-11-5-3-6-12-18)22(26-20)24-15-9-4-10-16-24/h3,5-6,11-12,17H,1-2,4,7-10,13-16H2. The molecule has 0 aliphatic carbocycles. The maximum atomic E-state index is 13.1. The van der Waals surface area contributed by atoms with Gasteiger partial charge in [0.1, 0.15) is 0 Å². The minimum Gasteiger partial charge on any atom is -0.363 e. The average molecular weight is 369 g/mol. The highest BCUT2D eigenvalue weighted by Gasteiger charge is 2.24. The van der Waals surface area contributed by atoms with Crippen molar-refractivity contribution in [1.29, 1.82) is 0 Å². The van der Waals surface area contributed by atoms with Crippen molar-refractivity contribution >= 4 is 22.2 Å². The Bertz CT molecular complexity index is 726. The molecule has 138 valence electrons. The van der Waals surface area contributed by atoms with E-state index in [-0.39, 0.29) is 5.91 Å². The summed E-state index contributed by atoms with van der Waals surface area (Å²) in [5, 5.41) is 1.29. The first-order valence-corrected chi connectivity index (χ1v) is 10.9. The van der Waals surface area contributed by atoms with E-state index in [1.807, 2.05) is 0 Å². The lowest BCUT2D eigenvalue weighted by Gasteiger charge is -2.28. The number of nitrogens with zero attached hydrogens (tertiary/aromatic N) is 2. The van der Waals surface area contributed by atoms with E-state index in [0.29, 0.717) is 0 Å². The second-order valence-corrected chi connectivity index (χ2v) is 8.48. The fraction of sp³-hybridized carbons (Fsp3) is 0.500. The summed E-state index contributed by atoms with van der Waals surface area (Å²) in [6, 6.07) is 12.7. The van der Waals surface area contributed by atoms with Gasteiger partial charge in [0.05, 0.1) is 9.88 Å². The van der Waals surface area contributed by atoms with Crippen molar-refractivity contribution in [3.8, 4) is 11.1 Å². The third kappa shape index (κ3) is 3.80. The first-order chi connectivity index (χ1) is 12.8. The van der Waals surface area contributed by atoms with E-state index < -0.39 is 0 Å². The van der Waals surface area contributed by atoms with Gasteiger partial charge < -0.3 is 9.80 Å². The molecule has 4 rings (SSSR count). The summed E-state index contributed by atoms with van der Waals surface area (Å²) in [7, 11) is 0. The lowest BCUT2D eigenvalue weighted by Crippen LogP contribution is -2.31. The summed E-state index contributed by atoms with van der Waals surface area (Å²) in [5.41, 5.74) is 2.45. The Labute approximate surface area is 160 Å². The number of rotatable bonds is 3. The minimum absolute atomic E-state index is 0.234. The molecule has 0 bridgehead atoms. The SMILES string of the molecule is O=C(c1cc(-c2ccccc2)c(N2CCCCC2)s1)N1CCCCCC1. The zero-order valence-corrected chi connectivity index (χ0v) is 16.3. The number of thiophene rings is 1. The summed E-state index contributed by atoms with van der Waals surface area (Å²) in [5.74, 6) is 0.234. The van der Waals surface area contributed by atoms with Crippen LogP contribution >= 0.6 is 11.3 Å². The average Bonchev–Trinajstić information content (AvgIpc) is 2.97. The fourth-order valence-corrected chi connectivity index (χ4v) is 5.27. The molecule has 1 aromatic carbocycles. The van der Waals surface area contributed by atoms with Gasteiger partial charge in [0.2, 0.25) is 0 Å². The van der Waals surface area contributed by atoms with Crippen molar-refractivity contribution in [3.63, 3.8) is 0 Å². The molecular weight excluding hydrogens is 340 g/mol. The van der Waals surface area contributed by atoms with E-state index in [4.69, 9.17) is 0 Å². The highest BCUT2D eigenvalue weighted by Crippen LogP contribution is 2.40. The molecule has 0 atom stereocenters. The number of carbonyl (C=O) groups excluding carboxylic acids is 1. The number of likely N-dealkylation sites (tertiary alicyclic amines) is 1. The summed E-state index contributed by atoms with van der Waals surface area (Å²) in [6.07, 6.45) is 8.61. The van der Waals surface area contributed by atoms with Gasteiger partial charge in [-0.15, -0.1) is 11.3 Å². The van der Waals surface area contributed by atoms with Crippen LogP contribution in [0.15, 0.2) is 36.4 Å². The van der Waals surface area contributed by atoms with E-state index in [1.54, 1.807) is 11.3 Å². The van der Waals surface area contributed by atoms with Crippen LogP contribution in [0.2, 0.25) is 0 Å². The van der Waals surface area contributed by atoms with Crippen LogP contribution in [-0.2, 0) is 0 Å². The van der Waals surface area contributed by atoms with Gasteiger partial charge in [-0.2, -0.15) is 0 Å². The predicted octanol–water partition coefficient (Wildman–Crippen LogP) is 5.42. The highest BCUT2D eigenvalue weighted by molar-refractivity contribution is 7.18. The molecular formula is C22H28N2OS. The first-order valence-electron chi connectivity index (χ1n) is 10.1. The molecule has 1 amide bonds. The van der Waals surface area contributed by atoms with E-state index in [1.165, 1.54) is 48.2 Å². The highest BCUT2D eigenvalue weighted by atomic mass is 32.1. The van der Waals surface area contributed by atoms with Gasteiger partial charge in [0, 0.05) is 31.7 Å². The first kappa shape index (κ1) is 17.6. The molecule has 1 aromatic heterocycles. The number of hydrogen-bond acceptors (Lipinski definition) is 3. The number of carbonyl (C=O) groups is 1. The fourth-order valence-electron chi connectivity index (χ4n) is 4.07. The Hall–Kier alpha value is -1.81. The van der Waals surface area contributed by atoms with Crippen molar-refractivity contribution in [1.82, 2.24) is 4.90 Å². The molecule has 3 nitrogen and oxygen atoms in total. The van der Waals surface area contributed by atoms with Crippen molar-refractivity contribution in [2.75, 3.05) is 31.1 Å². The van der Waals surface area contributed by atoms with Crippen LogP contribution in [0, 0.1) is 0 Å². The van der Waals surface area contributed by atoms with Gasteiger partial charge in [-0.25, -0.2) is 0 Å².